The second kappa shape index (κ2) is 15.7. The number of nitrogens with one attached hydrogen (secondary N) is 1. The van der Waals surface area contributed by atoms with Crippen LogP contribution in [0.15, 0.2) is 18.2 Å². The number of rotatable bonds is 9. The summed E-state index contributed by atoms with van der Waals surface area (Å²) in [5.74, 6) is -4.85. The van der Waals surface area contributed by atoms with Gasteiger partial charge in [0.1, 0.15) is 23.7 Å². The minimum atomic E-state index is -4.10. The number of esters is 1. The maximum atomic E-state index is 14.9. The van der Waals surface area contributed by atoms with Crippen molar-refractivity contribution in [2.24, 2.45) is 34.5 Å². The van der Waals surface area contributed by atoms with Crippen LogP contribution in [-0.4, -0.2) is 90.4 Å². The van der Waals surface area contributed by atoms with Gasteiger partial charge in [0.2, 0.25) is 34.1 Å². The first-order chi connectivity index (χ1) is 26.9. The van der Waals surface area contributed by atoms with E-state index in [4.69, 9.17) is 24.2 Å². The Morgan fingerprint density at radius 2 is 1.81 bits per heavy atom. The van der Waals surface area contributed by atoms with E-state index in [1.807, 2.05) is 38.5 Å². The van der Waals surface area contributed by atoms with Gasteiger partial charge in [0.15, 0.2) is 5.78 Å². The van der Waals surface area contributed by atoms with Crippen molar-refractivity contribution in [2.75, 3.05) is 13.7 Å². The minimum absolute atomic E-state index is 0.0924. The number of hydrogen-bond donors (Lipinski definition) is 1. The highest BCUT2D eigenvalue weighted by Crippen LogP contribution is 2.59. The second-order valence-corrected chi connectivity index (χ2v) is 19.8. The Hall–Kier alpha value is -3.95. The molecule has 1 saturated heterocycles. The summed E-state index contributed by atoms with van der Waals surface area (Å²) >= 11 is 0. The molecule has 1 N–H and O–H groups in total. The Morgan fingerprint density at radius 3 is 2.46 bits per heavy atom. The number of nitrogens with zero attached hydrogens (tertiary/aromatic N) is 3. The largest absolute Gasteiger partial charge is 0.497 e. The topological polar surface area (TPSA) is 171 Å². The van der Waals surface area contributed by atoms with E-state index in [1.54, 1.807) is 19.2 Å². The average Bonchev–Trinajstić information content (AvgIpc) is 4.06. The van der Waals surface area contributed by atoms with Crippen LogP contribution < -0.4 is 14.2 Å². The van der Waals surface area contributed by atoms with Crippen molar-refractivity contribution in [2.45, 2.75) is 135 Å². The van der Waals surface area contributed by atoms with Gasteiger partial charge in [-0.1, -0.05) is 40.5 Å². The molecule has 13 nitrogen and oxygen atoms in total. The van der Waals surface area contributed by atoms with Crippen LogP contribution in [0.1, 0.15) is 104 Å². The van der Waals surface area contributed by atoms with Crippen molar-refractivity contribution in [3.05, 3.63) is 23.9 Å². The number of benzene rings is 1. The van der Waals surface area contributed by atoms with Crippen LogP contribution in [-0.2, 0) is 40.4 Å². The van der Waals surface area contributed by atoms with Gasteiger partial charge in [-0.25, -0.2) is 27.2 Å². The summed E-state index contributed by atoms with van der Waals surface area (Å²) in [4.78, 5) is 67.9. The molecule has 5 aliphatic rings. The van der Waals surface area contributed by atoms with Gasteiger partial charge in [-0.3, -0.25) is 23.9 Å². The van der Waals surface area contributed by atoms with E-state index in [9.17, 15) is 36.4 Å². The van der Waals surface area contributed by atoms with Gasteiger partial charge >= 0.3 is 5.97 Å². The number of halogens is 2. The average molecular weight is 817 g/mol. The van der Waals surface area contributed by atoms with E-state index < -0.39 is 92.4 Å². The zero-order valence-electron chi connectivity index (χ0n) is 33.3. The predicted octanol–water partition coefficient (Wildman–Crippen LogP) is 5.56. The van der Waals surface area contributed by atoms with E-state index in [1.165, 1.54) is 4.90 Å². The number of fused-ring (bicyclic) bond motifs is 5. The summed E-state index contributed by atoms with van der Waals surface area (Å²) in [5, 5.41) is -0.780. The number of carbonyl (C=O) groups excluding carboxylic acids is 4. The highest BCUT2D eigenvalue weighted by molar-refractivity contribution is 7.90. The molecule has 3 saturated carbocycles. The number of aryl methyl sites for hydroxylation is 1. The molecule has 1 aromatic carbocycles. The van der Waals surface area contributed by atoms with Gasteiger partial charge in [-0.15, -0.1) is 0 Å². The summed E-state index contributed by atoms with van der Waals surface area (Å²) in [6.07, 6.45) is 0.559. The van der Waals surface area contributed by atoms with Gasteiger partial charge in [0.05, 0.1) is 53.7 Å². The van der Waals surface area contributed by atoms with Crippen molar-refractivity contribution < 1.29 is 50.6 Å². The molecule has 2 amide bonds. The van der Waals surface area contributed by atoms with Crippen LogP contribution >= 0.6 is 0 Å². The maximum absolute atomic E-state index is 14.9. The molecular formula is C41H54F2N4O9S. The molecule has 16 heteroatoms. The van der Waals surface area contributed by atoms with Gasteiger partial charge in [-0.2, -0.15) is 0 Å². The zero-order valence-corrected chi connectivity index (χ0v) is 34.1. The molecule has 3 heterocycles. The second-order valence-electron chi connectivity index (χ2n) is 17.9. The van der Waals surface area contributed by atoms with Crippen LogP contribution in [0.4, 0.5) is 8.78 Å². The Morgan fingerprint density at radius 1 is 1.05 bits per heavy atom. The van der Waals surface area contributed by atoms with Gasteiger partial charge in [-0.05, 0) is 74.8 Å². The van der Waals surface area contributed by atoms with Gasteiger partial charge in [0, 0.05) is 24.3 Å². The third kappa shape index (κ3) is 8.61. The fourth-order valence-electron chi connectivity index (χ4n) is 8.92. The normalized spacial score (nSPS) is 31.0. The van der Waals surface area contributed by atoms with E-state index in [0.29, 0.717) is 48.2 Å². The van der Waals surface area contributed by atoms with Crippen molar-refractivity contribution >= 4 is 44.6 Å². The maximum Gasteiger partial charge on any atom is 0.306 e. The zero-order chi connectivity index (χ0) is 41.0. The molecule has 3 aliphatic carbocycles. The van der Waals surface area contributed by atoms with Crippen molar-refractivity contribution in [3.8, 4) is 11.6 Å². The quantitative estimate of drug-likeness (QED) is 0.314. The third-order valence-electron chi connectivity index (χ3n) is 12.8. The predicted molar refractivity (Wildman–Crippen MR) is 204 cm³/mol. The van der Waals surface area contributed by atoms with E-state index in [2.05, 4.69) is 0 Å². The number of aromatic nitrogens is 2. The molecule has 2 bridgehead atoms. The number of amides is 2. The number of carbonyl (C=O) groups is 4. The first-order valence-electron chi connectivity index (χ1n) is 20.3. The lowest BCUT2D eigenvalue weighted by Gasteiger charge is -2.35. The Bertz CT molecular complexity index is 2020. The summed E-state index contributed by atoms with van der Waals surface area (Å²) in [7, 11) is -2.55. The highest BCUT2D eigenvalue weighted by atomic mass is 32.2. The molecule has 1 aromatic heterocycles. The number of Topliss-reactive ketones (excluding diaryl/α,β-unsaturated/α-hetero) is 1. The lowest BCUT2D eigenvalue weighted by atomic mass is 9.77. The standard InChI is InChI=1S/C41H54F2N4O9S/c1-6-25-33-21-47(35(25)31(48)20-41(19-27(41)36(42)43)39(51)46-57(52,53)24-13-14-24)38(50)26(40(2,3)4)18-34(49)55-32-16-22(32)10-8-7-9-11-29-37(56-33)45-30-17-23(54-5)12-15-28(30)44-29/h12,15,17,22,24-27,32-33,35-36H,6-11,13-14,16,18-21H2,1-5H3,(H,46,51)/t22-,25-,26-,27+,32-,33+,35+,41-/m1/s1. The van der Waals surface area contributed by atoms with Gasteiger partial charge in [0.25, 0.3) is 0 Å². The fourth-order valence-corrected chi connectivity index (χ4v) is 10.3. The van der Waals surface area contributed by atoms with Crippen LogP contribution in [0.5, 0.6) is 11.6 Å². The van der Waals surface area contributed by atoms with E-state index >= 15 is 0 Å². The highest BCUT2D eigenvalue weighted by Gasteiger charge is 2.66. The monoisotopic (exact) mass is 816 g/mol. The van der Waals surface area contributed by atoms with E-state index in [0.717, 1.165) is 32.1 Å². The molecule has 0 unspecified atom stereocenters. The van der Waals surface area contributed by atoms with E-state index in [-0.39, 0.29) is 37.3 Å². The van der Waals surface area contributed by atoms with Crippen LogP contribution in [0.25, 0.3) is 11.0 Å². The fraction of sp³-hybridized carbons (Fsp3) is 0.707. The third-order valence-corrected chi connectivity index (χ3v) is 14.6. The SMILES string of the molecule is CC[C@@H]1[C@@H]2CN(C(=O)[C@H](C(C)(C)C)CC(=O)O[C@@H]3C[C@H]3CCCCCc3nc4ccc(OC)cc4nc3O2)[C@@H]1C(=O)C[C@]1(C(=O)NS(=O)(=O)C2CC2)C[C@H]1C(F)F. The number of ether oxygens (including phenoxy) is 3. The molecule has 7 rings (SSSR count). The molecule has 2 aliphatic heterocycles. The lowest BCUT2D eigenvalue weighted by Crippen LogP contribution is -2.50. The summed E-state index contributed by atoms with van der Waals surface area (Å²) in [5.41, 5.74) is -0.944. The molecule has 57 heavy (non-hydrogen) atoms. The van der Waals surface area contributed by atoms with Crippen LogP contribution in [0.2, 0.25) is 0 Å². The Kier molecular flexibility index (Phi) is 11.3. The summed E-state index contributed by atoms with van der Waals surface area (Å²) in [6, 6.07) is 4.13. The Labute approximate surface area is 332 Å². The first kappa shape index (κ1) is 41.2. The van der Waals surface area contributed by atoms with Crippen molar-refractivity contribution in [1.82, 2.24) is 19.6 Å². The number of ketones is 1. The van der Waals surface area contributed by atoms with Gasteiger partial charge < -0.3 is 19.1 Å². The smallest absolute Gasteiger partial charge is 0.306 e. The lowest BCUT2D eigenvalue weighted by molar-refractivity contribution is -0.154. The summed E-state index contributed by atoms with van der Waals surface area (Å²) < 4.78 is 74.2. The number of hydrogen-bond acceptors (Lipinski definition) is 11. The summed E-state index contributed by atoms with van der Waals surface area (Å²) in [6.45, 7) is 7.22. The Balaban J connectivity index is 1.27. The molecule has 0 spiro atoms. The van der Waals surface area contributed by atoms with Crippen molar-refractivity contribution in [1.29, 1.82) is 0 Å². The number of sulfonamides is 1. The molecular weight excluding hydrogens is 763 g/mol. The molecule has 2 aromatic rings. The van der Waals surface area contributed by atoms with Crippen LogP contribution in [0.3, 0.4) is 0 Å². The van der Waals surface area contributed by atoms with Crippen molar-refractivity contribution in [3.63, 3.8) is 0 Å². The molecule has 8 atom stereocenters. The van der Waals surface area contributed by atoms with Crippen LogP contribution in [0, 0.1) is 34.5 Å². The molecule has 0 radical (unpaired) electrons. The molecule has 4 fully saturated rings. The first-order valence-corrected chi connectivity index (χ1v) is 21.9. The minimum Gasteiger partial charge on any atom is -0.497 e. The number of alkyl halides is 2. The molecule has 312 valence electrons. The number of methoxy groups -OCH3 is 1.